The molecule has 0 unspecified atom stereocenters. The van der Waals surface area contributed by atoms with E-state index < -0.39 is 0 Å². The van der Waals surface area contributed by atoms with Crippen molar-refractivity contribution in [3.05, 3.63) is 63.4 Å². The molecule has 0 aliphatic carbocycles. The highest BCUT2D eigenvalue weighted by molar-refractivity contribution is 6.35. The number of aromatic nitrogens is 2. The van der Waals surface area contributed by atoms with Gasteiger partial charge in [-0.3, -0.25) is 4.79 Å². The summed E-state index contributed by atoms with van der Waals surface area (Å²) in [5, 5.41) is 0.854. The van der Waals surface area contributed by atoms with E-state index in [-0.39, 0.29) is 5.56 Å². The molecule has 0 bridgehead atoms. The smallest absolute Gasteiger partial charge is 0.280 e. The quantitative estimate of drug-likeness (QED) is 0.736. The van der Waals surface area contributed by atoms with E-state index in [1.54, 1.807) is 18.2 Å². The largest absolute Gasteiger partial charge is 0.334 e. The van der Waals surface area contributed by atoms with Crippen molar-refractivity contribution in [1.82, 2.24) is 9.66 Å². The summed E-state index contributed by atoms with van der Waals surface area (Å²) in [7, 11) is 0. The molecule has 22 heavy (non-hydrogen) atoms. The number of fused-ring (bicyclic) bond motifs is 1. The molecule has 2 aromatic carbocycles. The molecule has 0 aliphatic heterocycles. The Morgan fingerprint density at radius 3 is 2.45 bits per heavy atom. The van der Waals surface area contributed by atoms with Crippen LogP contribution in [0.25, 0.3) is 22.3 Å². The highest BCUT2D eigenvalue weighted by Gasteiger charge is 2.13. The van der Waals surface area contributed by atoms with Gasteiger partial charge in [0.25, 0.3) is 5.56 Å². The fourth-order valence-corrected chi connectivity index (χ4v) is 2.62. The van der Waals surface area contributed by atoms with Gasteiger partial charge in [0, 0.05) is 5.56 Å². The van der Waals surface area contributed by atoms with Gasteiger partial charge < -0.3 is 5.84 Å². The van der Waals surface area contributed by atoms with Crippen LogP contribution in [-0.2, 0) is 0 Å². The number of nitrogens with two attached hydrogens (primary N) is 1. The molecule has 3 rings (SSSR count). The van der Waals surface area contributed by atoms with Gasteiger partial charge in [-0.15, -0.1) is 0 Å². The monoisotopic (exact) mass is 313 g/mol. The molecule has 0 fully saturated rings. The van der Waals surface area contributed by atoms with Crippen LogP contribution in [0.4, 0.5) is 0 Å². The Morgan fingerprint density at radius 2 is 1.82 bits per heavy atom. The van der Waals surface area contributed by atoms with Crippen LogP contribution in [0.2, 0.25) is 5.02 Å². The topological polar surface area (TPSA) is 60.9 Å². The van der Waals surface area contributed by atoms with E-state index >= 15 is 0 Å². The maximum atomic E-state index is 12.4. The van der Waals surface area contributed by atoms with Gasteiger partial charge in [-0.1, -0.05) is 55.8 Å². The Bertz CT molecular complexity index is 898. The molecule has 5 heteroatoms. The molecule has 1 aromatic heterocycles. The number of hydrogen-bond donors (Lipinski definition) is 1. The van der Waals surface area contributed by atoms with Crippen LogP contribution in [0, 0.1) is 0 Å². The zero-order valence-electron chi connectivity index (χ0n) is 12.4. The number of benzene rings is 2. The maximum Gasteiger partial charge on any atom is 0.280 e. The van der Waals surface area contributed by atoms with Crippen LogP contribution >= 0.6 is 11.6 Å². The van der Waals surface area contributed by atoms with Crippen LogP contribution in [0.15, 0.2) is 47.3 Å². The number of nitrogen functional groups attached to an aromatic ring is 1. The highest BCUT2D eigenvalue weighted by atomic mass is 35.5. The van der Waals surface area contributed by atoms with Crippen LogP contribution in [0.1, 0.15) is 25.3 Å². The Balaban J connectivity index is 2.25. The van der Waals surface area contributed by atoms with Crippen molar-refractivity contribution >= 4 is 22.5 Å². The fourth-order valence-electron chi connectivity index (χ4n) is 2.41. The third-order valence-electron chi connectivity index (χ3n) is 3.72. The molecule has 1 heterocycles. The van der Waals surface area contributed by atoms with Gasteiger partial charge in [0.1, 0.15) is 0 Å². The molecule has 4 nitrogen and oxygen atoms in total. The lowest BCUT2D eigenvalue weighted by molar-refractivity contribution is 0.866. The Kier molecular flexibility index (Phi) is 3.62. The lowest BCUT2D eigenvalue weighted by Gasteiger charge is -2.11. The molecule has 0 aliphatic rings. The molecule has 2 N–H and O–H groups in total. The zero-order chi connectivity index (χ0) is 15.9. The number of rotatable bonds is 2. The van der Waals surface area contributed by atoms with E-state index in [0.29, 0.717) is 27.7 Å². The molecule has 0 spiro atoms. The van der Waals surface area contributed by atoms with E-state index in [2.05, 4.69) is 18.8 Å². The van der Waals surface area contributed by atoms with Gasteiger partial charge >= 0.3 is 0 Å². The van der Waals surface area contributed by atoms with Crippen molar-refractivity contribution in [2.45, 2.75) is 19.8 Å². The first kappa shape index (κ1) is 14.6. The summed E-state index contributed by atoms with van der Waals surface area (Å²) < 4.78 is 1.07. The fraction of sp³-hybridized carbons (Fsp3) is 0.176. The van der Waals surface area contributed by atoms with Crippen molar-refractivity contribution in [3.8, 4) is 11.4 Å². The molecular weight excluding hydrogens is 298 g/mol. The van der Waals surface area contributed by atoms with E-state index in [1.165, 1.54) is 5.56 Å². The molecule has 0 atom stereocenters. The molecule has 0 saturated heterocycles. The summed E-state index contributed by atoms with van der Waals surface area (Å²) >= 11 is 6.16. The van der Waals surface area contributed by atoms with E-state index in [9.17, 15) is 4.79 Å². The minimum atomic E-state index is -0.310. The number of hydrogen-bond acceptors (Lipinski definition) is 3. The van der Waals surface area contributed by atoms with E-state index in [4.69, 9.17) is 17.4 Å². The van der Waals surface area contributed by atoms with E-state index in [1.807, 2.05) is 24.3 Å². The third kappa shape index (κ3) is 2.35. The normalized spacial score (nSPS) is 11.3. The molecule has 0 radical (unpaired) electrons. The summed E-state index contributed by atoms with van der Waals surface area (Å²) in [6, 6.07) is 13.0. The number of para-hydroxylation sites is 1. The standard InChI is InChI=1S/C17H16ClN3O/c1-10(2)11-6-8-12(9-7-11)16-20-15-13(17(22)21(16)19)4-3-5-14(15)18/h3-10H,19H2,1-2H3. The first-order valence-corrected chi connectivity index (χ1v) is 7.43. The summed E-state index contributed by atoms with van der Waals surface area (Å²) in [6.07, 6.45) is 0. The summed E-state index contributed by atoms with van der Waals surface area (Å²) in [4.78, 5) is 16.9. The Hall–Kier alpha value is -2.33. The molecule has 0 amide bonds. The van der Waals surface area contributed by atoms with Crippen LogP contribution in [-0.4, -0.2) is 9.66 Å². The Morgan fingerprint density at radius 1 is 1.14 bits per heavy atom. The summed E-state index contributed by atoms with van der Waals surface area (Å²) in [5.74, 6) is 6.77. The SMILES string of the molecule is CC(C)c1ccc(-c2nc3c(Cl)cccc3c(=O)n2N)cc1. The summed E-state index contributed by atoms with van der Waals surface area (Å²) in [5.41, 5.74) is 2.16. The lowest BCUT2D eigenvalue weighted by Crippen LogP contribution is -2.29. The minimum absolute atomic E-state index is 0.310. The van der Waals surface area contributed by atoms with Crippen molar-refractivity contribution in [3.63, 3.8) is 0 Å². The van der Waals surface area contributed by atoms with Gasteiger partial charge in [-0.05, 0) is 23.6 Å². The first-order valence-electron chi connectivity index (χ1n) is 7.05. The second kappa shape index (κ2) is 5.46. The highest BCUT2D eigenvalue weighted by Crippen LogP contribution is 2.24. The maximum absolute atomic E-state index is 12.4. The van der Waals surface area contributed by atoms with Crippen molar-refractivity contribution < 1.29 is 0 Å². The van der Waals surface area contributed by atoms with Crippen LogP contribution in [0.5, 0.6) is 0 Å². The molecule has 0 saturated carbocycles. The van der Waals surface area contributed by atoms with Crippen molar-refractivity contribution in [2.75, 3.05) is 5.84 Å². The van der Waals surface area contributed by atoms with E-state index in [0.717, 1.165) is 10.2 Å². The van der Waals surface area contributed by atoms with Gasteiger partial charge in [-0.25, -0.2) is 9.66 Å². The van der Waals surface area contributed by atoms with Crippen molar-refractivity contribution in [2.24, 2.45) is 0 Å². The number of halogens is 1. The first-order chi connectivity index (χ1) is 10.5. The van der Waals surface area contributed by atoms with Crippen molar-refractivity contribution in [1.29, 1.82) is 0 Å². The molecule has 112 valence electrons. The average Bonchev–Trinajstić information content (AvgIpc) is 2.51. The Labute approximate surface area is 133 Å². The zero-order valence-corrected chi connectivity index (χ0v) is 13.1. The summed E-state index contributed by atoms with van der Waals surface area (Å²) in [6.45, 7) is 4.25. The predicted molar refractivity (Wildman–Crippen MR) is 90.7 cm³/mol. The average molecular weight is 314 g/mol. The second-order valence-electron chi connectivity index (χ2n) is 5.52. The van der Waals surface area contributed by atoms with Gasteiger partial charge in [0.05, 0.1) is 15.9 Å². The van der Waals surface area contributed by atoms with Gasteiger partial charge in [0.2, 0.25) is 0 Å². The van der Waals surface area contributed by atoms with Gasteiger partial charge in [0.15, 0.2) is 5.82 Å². The van der Waals surface area contributed by atoms with Gasteiger partial charge in [-0.2, -0.15) is 0 Å². The second-order valence-corrected chi connectivity index (χ2v) is 5.93. The molecule has 3 aromatic rings. The van der Waals surface area contributed by atoms with Crippen LogP contribution < -0.4 is 11.4 Å². The third-order valence-corrected chi connectivity index (χ3v) is 4.02. The lowest BCUT2D eigenvalue weighted by atomic mass is 10.0. The number of nitrogens with zero attached hydrogens (tertiary/aromatic N) is 2. The molecular formula is C17H16ClN3O. The van der Waals surface area contributed by atoms with Crippen LogP contribution in [0.3, 0.4) is 0 Å². The predicted octanol–water partition coefficient (Wildman–Crippen LogP) is 3.55. The minimum Gasteiger partial charge on any atom is -0.334 e.